The molecule has 508 valence electrons. The van der Waals surface area contributed by atoms with E-state index in [1.54, 1.807) is 90.1 Å². The number of allylic oxidation sites excluding steroid dienone is 5. The first-order chi connectivity index (χ1) is 43.7. The van der Waals surface area contributed by atoms with Crippen LogP contribution < -0.4 is 5.32 Å². The second-order valence-electron chi connectivity index (χ2n) is 27.8. The van der Waals surface area contributed by atoms with E-state index in [1.807, 2.05) is 13.0 Å². The Bertz CT molecular complexity index is 2890. The molecular weight excluding hydrogens is 1170 g/mol. The fourth-order valence-electron chi connectivity index (χ4n) is 14.3. The van der Waals surface area contributed by atoms with Gasteiger partial charge < -0.3 is 49.1 Å². The molecule has 0 aromatic heterocycles. The second kappa shape index (κ2) is 34.6. The van der Waals surface area contributed by atoms with Crippen LogP contribution >= 0.6 is 0 Å². The zero-order valence-corrected chi connectivity index (χ0v) is 56.6. The number of fused-ring (bicyclic) bond motifs is 5. The number of carbonyl (C=O) groups excluding carboxylic acids is 7. The Morgan fingerprint density at radius 1 is 0.728 bits per heavy atom. The van der Waals surface area contributed by atoms with Gasteiger partial charge in [0.25, 0.3) is 0 Å². The van der Waals surface area contributed by atoms with Crippen LogP contribution in [0.5, 0.6) is 0 Å². The normalized spacial score (nSPS) is 26.1. The van der Waals surface area contributed by atoms with Crippen molar-refractivity contribution in [1.82, 2.24) is 5.32 Å². The average Bonchev–Trinajstić information content (AvgIpc) is 0.672. The van der Waals surface area contributed by atoms with Gasteiger partial charge in [-0.25, -0.2) is 14.4 Å². The maximum atomic E-state index is 15.4. The Balaban J connectivity index is 1.11. The number of hydrogen-bond acceptors (Lipinski definition) is 16. The number of hydrogen-bond donors (Lipinski definition) is 4. The maximum absolute atomic E-state index is 15.4. The molecule has 4 N–H and O–H groups in total. The number of aliphatic hydroxyl groups excluding tert-OH is 2. The number of nitrogens with one attached hydrogen (secondary N) is 1. The highest BCUT2D eigenvalue weighted by molar-refractivity contribution is 5.94. The molecule has 0 saturated heterocycles. The number of benzene rings is 2. The predicted octanol–water partition coefficient (Wildman–Crippen LogP) is 14.2. The van der Waals surface area contributed by atoms with Gasteiger partial charge in [-0.15, -0.1) is 0 Å². The molecular formula is C75H107NO16. The summed E-state index contributed by atoms with van der Waals surface area (Å²) in [4.78, 5) is 98.7. The number of rotatable bonds is 34. The maximum Gasteiger partial charge on any atom is 0.408 e. The molecule has 6 rings (SSSR count). The van der Waals surface area contributed by atoms with Crippen molar-refractivity contribution < 1.29 is 77.3 Å². The Morgan fingerprint density at radius 2 is 1.28 bits per heavy atom. The smallest absolute Gasteiger partial charge is 0.408 e. The molecule has 1 amide bonds. The first-order valence-corrected chi connectivity index (χ1v) is 34.1. The van der Waals surface area contributed by atoms with Crippen LogP contribution in [0.2, 0.25) is 0 Å². The third kappa shape index (κ3) is 19.4. The molecule has 4 aliphatic rings. The van der Waals surface area contributed by atoms with Crippen molar-refractivity contribution in [3.63, 3.8) is 0 Å². The topological polar surface area (TPSA) is 248 Å². The molecule has 17 heteroatoms. The van der Waals surface area contributed by atoms with Crippen molar-refractivity contribution in [3.05, 3.63) is 119 Å². The van der Waals surface area contributed by atoms with Crippen molar-refractivity contribution in [2.45, 2.75) is 283 Å². The zero-order valence-electron chi connectivity index (χ0n) is 56.6. The van der Waals surface area contributed by atoms with Crippen LogP contribution in [0.1, 0.15) is 245 Å². The molecule has 12 atom stereocenters. The molecule has 0 radical (unpaired) electrons. The number of ether oxygens (including phenoxy) is 6. The number of aliphatic hydroxyl groups is 3. The fraction of sp³-hybridized carbons (Fsp3) is 0.640. The van der Waals surface area contributed by atoms with E-state index < -0.39 is 118 Å². The van der Waals surface area contributed by atoms with E-state index in [2.05, 4.69) is 42.6 Å². The largest absolute Gasteiger partial charge is 0.462 e. The second-order valence-corrected chi connectivity index (χ2v) is 27.8. The predicted molar refractivity (Wildman–Crippen MR) is 351 cm³/mol. The van der Waals surface area contributed by atoms with Gasteiger partial charge in [-0.3, -0.25) is 19.2 Å². The van der Waals surface area contributed by atoms with E-state index in [1.165, 1.54) is 51.7 Å². The zero-order chi connectivity index (χ0) is 67.3. The van der Waals surface area contributed by atoms with Crippen LogP contribution in [0.15, 0.2) is 108 Å². The highest BCUT2D eigenvalue weighted by Gasteiger charge is 2.77. The van der Waals surface area contributed by atoms with Gasteiger partial charge in [0.15, 0.2) is 5.78 Å². The minimum absolute atomic E-state index is 0.0105. The lowest BCUT2D eigenvalue weighted by Crippen LogP contribution is -2.78. The first kappa shape index (κ1) is 74.6. The van der Waals surface area contributed by atoms with Gasteiger partial charge >= 0.3 is 35.9 Å². The van der Waals surface area contributed by atoms with Gasteiger partial charge in [0.2, 0.25) is 6.10 Å². The van der Waals surface area contributed by atoms with E-state index in [-0.39, 0.29) is 48.0 Å². The summed E-state index contributed by atoms with van der Waals surface area (Å²) in [6.45, 7) is 16.5. The van der Waals surface area contributed by atoms with Gasteiger partial charge in [0, 0.05) is 43.9 Å². The summed E-state index contributed by atoms with van der Waals surface area (Å²) in [7, 11) is 0. The highest BCUT2D eigenvalue weighted by atomic mass is 16.6. The molecule has 2 aromatic carbocycles. The molecule has 4 aliphatic carbocycles. The number of Topliss-reactive ketones (excluding diaryl/α,β-unsaturated/α-hetero) is 1. The Morgan fingerprint density at radius 3 is 1.85 bits per heavy atom. The van der Waals surface area contributed by atoms with Gasteiger partial charge in [0.05, 0.1) is 23.0 Å². The first-order valence-electron chi connectivity index (χ1n) is 34.1. The summed E-state index contributed by atoms with van der Waals surface area (Å²) in [6, 6.07) is 14.9. The van der Waals surface area contributed by atoms with Crippen molar-refractivity contribution in [1.29, 1.82) is 0 Å². The van der Waals surface area contributed by atoms with Crippen LogP contribution in [-0.2, 0) is 52.4 Å². The monoisotopic (exact) mass is 1280 g/mol. The van der Waals surface area contributed by atoms with Crippen LogP contribution in [-0.4, -0.2) is 110 Å². The lowest BCUT2D eigenvalue weighted by atomic mass is 9.41. The van der Waals surface area contributed by atoms with Crippen LogP contribution in [0.4, 0.5) is 4.79 Å². The van der Waals surface area contributed by atoms with Gasteiger partial charge in [0.1, 0.15) is 47.3 Å². The lowest BCUT2D eigenvalue weighted by Gasteiger charge is -2.68. The number of ketones is 1. The van der Waals surface area contributed by atoms with E-state index in [0.717, 1.165) is 70.6 Å². The summed E-state index contributed by atoms with van der Waals surface area (Å²) in [5.74, 6) is -6.54. The number of carbonyl (C=O) groups is 7. The molecule has 0 aliphatic heterocycles. The molecule has 2 aromatic rings. The van der Waals surface area contributed by atoms with E-state index in [4.69, 9.17) is 28.4 Å². The SMILES string of the molecule is CCCCC/C=C\C/C=C\CCCCCCCC(=O)O[C@@H](C)C/C=C\CCCCCCCC(=O)O[C@@H](C(=O)O[C@H]1C[C@@]2(O)[C@@H](OC(=O)c3ccccc3)[C@H]3[C@](C)(C(=O)[C@H](O)C(=C1C)C2(C)C)[C@@H](O)CC1CC[C@]13OC(C)=O)[C@@H](NC(=O)OC(C)(C)C)c1ccccc1. The molecule has 1 unspecified atom stereocenters. The Kier molecular flexibility index (Phi) is 28.1. The number of amides is 1. The van der Waals surface area contributed by atoms with Crippen LogP contribution in [0.3, 0.4) is 0 Å². The third-order valence-corrected chi connectivity index (χ3v) is 19.4. The van der Waals surface area contributed by atoms with Gasteiger partial charge in [-0.2, -0.15) is 0 Å². The summed E-state index contributed by atoms with van der Waals surface area (Å²) < 4.78 is 36.6. The highest BCUT2D eigenvalue weighted by Crippen LogP contribution is 2.67. The van der Waals surface area contributed by atoms with Gasteiger partial charge in [-0.1, -0.05) is 157 Å². The van der Waals surface area contributed by atoms with Crippen LogP contribution in [0.25, 0.3) is 0 Å². The standard InChI is InChI=1S/C75H107NO16/c1-11-12-13-14-15-16-17-18-19-20-21-22-26-29-38-45-59(79)87-51(2)40-33-28-25-23-24-27-30-39-46-60(80)89-64(62(54-41-34-31-35-42-54)76-70(85)92-71(5,6)7)69(84)88-57-50-75(86)67(90-68(83)55-43-36-32-37-44-55)65-73(10,66(82)63(81)61(52(57)3)72(75,8)9)58(78)49-56-47-48-74(56,65)91-53(4)77/h15-16,18-19,28,31-37,41-44,51,56-58,62-65,67,78,81,86H,11-14,17,20-27,29-30,38-40,45-50H2,1-10H3,(H,76,85)/b16-15-,19-18-,33-28-/t51-,56?,57-,58-,62-,63+,64+,65-,67-,73+,74-,75+/m0/s1. The van der Waals surface area contributed by atoms with Crippen molar-refractivity contribution in [3.8, 4) is 0 Å². The van der Waals surface area contributed by atoms with Crippen molar-refractivity contribution >= 4 is 41.7 Å². The third-order valence-electron chi connectivity index (χ3n) is 19.4. The molecule has 17 nitrogen and oxygen atoms in total. The minimum Gasteiger partial charge on any atom is -0.462 e. The van der Waals surface area contributed by atoms with E-state index >= 15 is 9.59 Å². The van der Waals surface area contributed by atoms with Crippen LogP contribution in [0, 0.1) is 22.7 Å². The van der Waals surface area contributed by atoms with Gasteiger partial charge in [-0.05, 0) is 147 Å². The fourth-order valence-corrected chi connectivity index (χ4v) is 14.3. The van der Waals surface area contributed by atoms with E-state index in [0.29, 0.717) is 37.7 Å². The summed E-state index contributed by atoms with van der Waals surface area (Å²) >= 11 is 0. The number of alkyl carbamates (subject to hydrolysis) is 1. The summed E-state index contributed by atoms with van der Waals surface area (Å²) in [6.07, 6.45) is 21.4. The Hall–Kier alpha value is -6.43. The molecule has 3 saturated carbocycles. The number of esters is 5. The van der Waals surface area contributed by atoms with E-state index in [9.17, 15) is 39.3 Å². The quantitative estimate of drug-likeness (QED) is 0.0220. The minimum atomic E-state index is -2.37. The molecule has 2 bridgehead atoms. The Labute approximate surface area is 546 Å². The molecule has 92 heavy (non-hydrogen) atoms. The average molecular weight is 1280 g/mol. The lowest BCUT2D eigenvalue weighted by molar-refractivity contribution is -0.296. The van der Waals surface area contributed by atoms with Crippen molar-refractivity contribution in [2.24, 2.45) is 22.7 Å². The van der Waals surface area contributed by atoms with Crippen molar-refractivity contribution in [2.75, 3.05) is 0 Å². The molecule has 0 spiro atoms. The summed E-state index contributed by atoms with van der Waals surface area (Å²) in [5.41, 5.74) is -8.01. The molecule has 3 fully saturated rings. The molecule has 0 heterocycles. The number of unbranched alkanes of at least 4 members (excludes halogenated alkanes) is 13. The summed E-state index contributed by atoms with van der Waals surface area (Å²) in [5, 5.41) is 41.4.